The Balaban J connectivity index is 0.000000153. The minimum atomic E-state index is -0.315. The molecule has 0 saturated heterocycles. The van der Waals surface area contributed by atoms with Gasteiger partial charge in [0, 0.05) is 18.0 Å². The molecule has 0 aliphatic carbocycles. The molecule has 1 unspecified atom stereocenters. The number of aromatic nitrogens is 1. The number of hydrogen-bond donors (Lipinski definition) is 0. The summed E-state index contributed by atoms with van der Waals surface area (Å²) in [6.45, 7) is 0. The van der Waals surface area contributed by atoms with Crippen LogP contribution in [-0.4, -0.2) is 10.5 Å². The molecule has 2 aromatic rings. The van der Waals surface area contributed by atoms with E-state index in [2.05, 4.69) is 4.98 Å². The van der Waals surface area contributed by atoms with Gasteiger partial charge in [0.05, 0.1) is 0 Å². The first-order chi connectivity index (χ1) is 8.36. The largest absolute Gasteiger partial charge is 0.470 e. The Labute approximate surface area is 106 Å². The second kappa shape index (κ2) is 6.06. The molecule has 0 spiro atoms. The summed E-state index contributed by atoms with van der Waals surface area (Å²) in [6, 6.07) is 13.5. The van der Waals surface area contributed by atoms with E-state index in [0.717, 1.165) is 11.3 Å². The van der Waals surface area contributed by atoms with Gasteiger partial charge in [-0.3, -0.25) is 4.98 Å². The third-order valence-electron chi connectivity index (χ3n) is 2.15. The Morgan fingerprint density at radius 1 is 1.00 bits per heavy atom. The van der Waals surface area contributed by atoms with E-state index in [1.165, 1.54) is 0 Å². The average molecular weight is 246 g/mol. The van der Waals surface area contributed by atoms with Crippen LogP contribution >= 0.6 is 11.6 Å². The molecule has 0 saturated carbocycles. The Morgan fingerprint density at radius 3 is 2.41 bits per heavy atom. The molecule has 0 radical (unpaired) electrons. The highest BCUT2D eigenvalue weighted by Gasteiger charge is 2.09. The smallest absolute Gasteiger partial charge is 0.191 e. The quantitative estimate of drug-likeness (QED) is 0.660. The number of halogens is 1. The van der Waals surface area contributed by atoms with Crippen LogP contribution in [0.3, 0.4) is 0 Å². The van der Waals surface area contributed by atoms with Crippen LogP contribution in [0.5, 0.6) is 5.75 Å². The Kier molecular flexibility index (Phi) is 4.17. The number of fused-ring (bicyclic) bond motifs is 1. The van der Waals surface area contributed by atoms with Gasteiger partial charge in [-0.05, 0) is 24.3 Å². The maximum absolute atomic E-state index is 5.74. The van der Waals surface area contributed by atoms with Crippen LogP contribution in [0, 0.1) is 0 Å². The Bertz CT molecular complexity index is 458. The fraction of sp³-hybridized carbons (Fsp3) is 0.0714. The van der Waals surface area contributed by atoms with Crippen LogP contribution < -0.4 is 4.74 Å². The third-order valence-corrected chi connectivity index (χ3v) is 2.39. The topological polar surface area (TPSA) is 22.1 Å². The maximum Gasteiger partial charge on any atom is 0.191 e. The summed E-state index contributed by atoms with van der Waals surface area (Å²) in [4.78, 5) is 3.78. The summed E-state index contributed by atoms with van der Waals surface area (Å²) in [5, 5.41) is 0. The first-order valence-corrected chi connectivity index (χ1v) is 5.73. The molecule has 0 amide bonds. The zero-order valence-electron chi connectivity index (χ0n) is 9.16. The van der Waals surface area contributed by atoms with Crippen molar-refractivity contribution in [3.8, 4) is 5.75 Å². The second-order valence-electron chi connectivity index (χ2n) is 3.39. The van der Waals surface area contributed by atoms with Gasteiger partial charge in [-0.15, -0.1) is 0 Å². The number of para-hydroxylation sites is 1. The standard InChI is InChI=1S/C9H7ClO.C5H5N/c10-9-6-5-7-3-1-2-4-8(7)11-9;1-2-4-6-5-3-1/h1-6,9H;1-5H. The molecule has 0 bridgehead atoms. The van der Waals surface area contributed by atoms with E-state index in [0.29, 0.717) is 0 Å². The van der Waals surface area contributed by atoms with Crippen LogP contribution in [-0.2, 0) is 0 Å². The van der Waals surface area contributed by atoms with Gasteiger partial charge in [0.15, 0.2) is 5.56 Å². The first-order valence-electron chi connectivity index (χ1n) is 5.29. The maximum atomic E-state index is 5.74. The van der Waals surface area contributed by atoms with Gasteiger partial charge in [0.25, 0.3) is 0 Å². The molecule has 3 rings (SSSR count). The fourth-order valence-electron chi connectivity index (χ4n) is 1.38. The SMILES string of the molecule is ClC1C=Cc2ccccc2O1.c1ccncc1. The van der Waals surface area contributed by atoms with Crippen LogP contribution in [0.25, 0.3) is 6.08 Å². The van der Waals surface area contributed by atoms with Crippen molar-refractivity contribution in [3.63, 3.8) is 0 Å². The minimum Gasteiger partial charge on any atom is -0.470 e. The van der Waals surface area contributed by atoms with Crippen LogP contribution in [0.15, 0.2) is 60.9 Å². The Morgan fingerprint density at radius 2 is 1.76 bits per heavy atom. The lowest BCUT2D eigenvalue weighted by Gasteiger charge is -2.15. The van der Waals surface area contributed by atoms with Crippen molar-refractivity contribution in [1.29, 1.82) is 0 Å². The van der Waals surface area contributed by atoms with E-state index < -0.39 is 0 Å². The van der Waals surface area contributed by atoms with Gasteiger partial charge in [-0.25, -0.2) is 0 Å². The van der Waals surface area contributed by atoms with Crippen molar-refractivity contribution in [2.75, 3.05) is 0 Å². The highest BCUT2D eigenvalue weighted by atomic mass is 35.5. The number of hydrogen-bond acceptors (Lipinski definition) is 2. The Hall–Kier alpha value is -1.80. The number of alkyl halides is 1. The molecule has 3 heteroatoms. The van der Waals surface area contributed by atoms with E-state index in [-0.39, 0.29) is 5.56 Å². The van der Waals surface area contributed by atoms with Crippen molar-refractivity contribution >= 4 is 17.7 Å². The summed E-state index contributed by atoms with van der Waals surface area (Å²) in [7, 11) is 0. The highest BCUT2D eigenvalue weighted by molar-refractivity contribution is 6.21. The molecule has 1 aliphatic heterocycles. The lowest BCUT2D eigenvalue weighted by Crippen LogP contribution is -2.08. The van der Waals surface area contributed by atoms with Crippen molar-refractivity contribution in [2.45, 2.75) is 5.56 Å². The summed E-state index contributed by atoms with van der Waals surface area (Å²) < 4.78 is 5.31. The van der Waals surface area contributed by atoms with Crippen LogP contribution in [0.1, 0.15) is 5.56 Å². The predicted molar refractivity (Wildman–Crippen MR) is 70.0 cm³/mol. The average Bonchev–Trinajstić information content (AvgIpc) is 2.41. The highest BCUT2D eigenvalue weighted by Crippen LogP contribution is 2.26. The van der Waals surface area contributed by atoms with Gasteiger partial charge in [0.1, 0.15) is 5.75 Å². The molecule has 2 heterocycles. The van der Waals surface area contributed by atoms with E-state index >= 15 is 0 Å². The van der Waals surface area contributed by atoms with Gasteiger partial charge < -0.3 is 4.74 Å². The number of nitrogens with zero attached hydrogens (tertiary/aromatic N) is 1. The molecule has 86 valence electrons. The van der Waals surface area contributed by atoms with E-state index in [9.17, 15) is 0 Å². The fourth-order valence-corrected chi connectivity index (χ4v) is 1.55. The van der Waals surface area contributed by atoms with Gasteiger partial charge in [-0.2, -0.15) is 0 Å². The van der Waals surface area contributed by atoms with Crippen molar-refractivity contribution < 1.29 is 4.74 Å². The van der Waals surface area contributed by atoms with Crippen molar-refractivity contribution in [2.24, 2.45) is 0 Å². The number of pyridine rings is 1. The second-order valence-corrected chi connectivity index (χ2v) is 3.82. The molecule has 1 aromatic heterocycles. The lowest BCUT2D eigenvalue weighted by atomic mass is 10.1. The normalized spacial score (nSPS) is 16.2. The lowest BCUT2D eigenvalue weighted by molar-refractivity contribution is 0.322. The zero-order chi connectivity index (χ0) is 11.9. The summed E-state index contributed by atoms with van der Waals surface area (Å²) >= 11 is 5.74. The molecular formula is C14H12ClNO. The molecular weight excluding hydrogens is 234 g/mol. The van der Waals surface area contributed by atoms with E-state index in [1.54, 1.807) is 12.4 Å². The van der Waals surface area contributed by atoms with Crippen molar-refractivity contribution in [1.82, 2.24) is 4.98 Å². The first kappa shape index (κ1) is 11.7. The number of benzene rings is 1. The van der Waals surface area contributed by atoms with Crippen molar-refractivity contribution in [3.05, 3.63) is 66.5 Å². The van der Waals surface area contributed by atoms with Gasteiger partial charge in [0.2, 0.25) is 0 Å². The summed E-state index contributed by atoms with van der Waals surface area (Å²) in [5.41, 5.74) is 0.772. The van der Waals surface area contributed by atoms with Gasteiger partial charge >= 0.3 is 0 Å². The van der Waals surface area contributed by atoms with Crippen LogP contribution in [0.4, 0.5) is 0 Å². The molecule has 0 N–H and O–H groups in total. The zero-order valence-corrected chi connectivity index (χ0v) is 9.92. The van der Waals surface area contributed by atoms with Crippen LogP contribution in [0.2, 0.25) is 0 Å². The molecule has 1 aromatic carbocycles. The van der Waals surface area contributed by atoms with E-state index in [4.69, 9.17) is 16.3 Å². The molecule has 1 atom stereocenters. The summed E-state index contributed by atoms with van der Waals surface area (Å²) in [5.74, 6) is 0.856. The predicted octanol–water partition coefficient (Wildman–Crippen LogP) is 3.74. The monoisotopic (exact) mass is 245 g/mol. The number of ether oxygens (including phenoxy) is 1. The molecule has 17 heavy (non-hydrogen) atoms. The molecule has 1 aliphatic rings. The minimum absolute atomic E-state index is 0.315. The van der Waals surface area contributed by atoms with E-state index in [1.807, 2.05) is 54.6 Å². The van der Waals surface area contributed by atoms with Gasteiger partial charge in [-0.1, -0.05) is 41.9 Å². The third kappa shape index (κ3) is 3.61. The molecule has 2 nitrogen and oxygen atoms in total. The number of rotatable bonds is 0. The molecule has 0 fully saturated rings. The summed E-state index contributed by atoms with van der Waals surface area (Å²) in [6.07, 6.45) is 7.29.